The molecule has 3 unspecified atom stereocenters. The third-order valence-electron chi connectivity index (χ3n) is 4.18. The molecule has 96 valence electrons. The third-order valence-corrected chi connectivity index (χ3v) is 4.18. The number of fused-ring (bicyclic) bond motifs is 2. The smallest absolute Gasteiger partial charge is 0.274 e. The maximum Gasteiger partial charge on any atom is 0.274 e. The van der Waals surface area contributed by atoms with Gasteiger partial charge in [-0.15, -0.1) is 0 Å². The van der Waals surface area contributed by atoms with Crippen LogP contribution in [0.4, 0.5) is 15.8 Å². The number of rotatable bonds is 3. The van der Waals surface area contributed by atoms with Crippen LogP contribution in [0.5, 0.6) is 0 Å². The molecule has 2 bridgehead atoms. The first kappa shape index (κ1) is 11.4. The van der Waals surface area contributed by atoms with Crippen LogP contribution in [-0.2, 0) is 0 Å². The summed E-state index contributed by atoms with van der Waals surface area (Å²) < 4.78 is 13.3. The molecule has 0 saturated heterocycles. The highest BCUT2D eigenvalue weighted by Gasteiger charge is 2.39. The van der Waals surface area contributed by atoms with E-state index in [1.165, 1.54) is 31.4 Å². The Kier molecular flexibility index (Phi) is 2.69. The molecule has 2 aliphatic carbocycles. The highest BCUT2D eigenvalue weighted by molar-refractivity contribution is 5.52. The molecule has 5 heteroatoms. The first-order valence-corrected chi connectivity index (χ1v) is 6.33. The predicted molar refractivity (Wildman–Crippen MR) is 65.9 cm³/mol. The number of benzene rings is 1. The van der Waals surface area contributed by atoms with E-state index in [9.17, 15) is 14.5 Å². The minimum absolute atomic E-state index is 0.194. The van der Waals surface area contributed by atoms with Crippen LogP contribution in [0.25, 0.3) is 0 Å². The van der Waals surface area contributed by atoms with Crippen molar-refractivity contribution in [2.45, 2.75) is 31.7 Å². The molecule has 0 aromatic heterocycles. The quantitative estimate of drug-likeness (QED) is 0.661. The summed E-state index contributed by atoms with van der Waals surface area (Å²) in [5, 5.41) is 13.9. The number of halogens is 1. The second kappa shape index (κ2) is 4.23. The van der Waals surface area contributed by atoms with E-state index >= 15 is 0 Å². The van der Waals surface area contributed by atoms with E-state index in [2.05, 4.69) is 5.32 Å². The van der Waals surface area contributed by atoms with Gasteiger partial charge in [0.05, 0.1) is 11.0 Å². The topological polar surface area (TPSA) is 55.2 Å². The Bertz CT molecular complexity index is 492. The van der Waals surface area contributed by atoms with Gasteiger partial charge in [-0.1, -0.05) is 6.42 Å². The molecule has 3 atom stereocenters. The first-order valence-electron chi connectivity index (χ1n) is 6.33. The lowest BCUT2D eigenvalue weighted by molar-refractivity contribution is -0.385. The van der Waals surface area contributed by atoms with Crippen molar-refractivity contribution < 1.29 is 9.31 Å². The summed E-state index contributed by atoms with van der Waals surface area (Å²) in [4.78, 5) is 10.1. The van der Waals surface area contributed by atoms with Gasteiger partial charge in [0.25, 0.3) is 5.69 Å². The fourth-order valence-electron chi connectivity index (χ4n) is 3.40. The van der Waals surface area contributed by atoms with E-state index in [0.29, 0.717) is 17.6 Å². The highest BCUT2D eigenvalue weighted by atomic mass is 19.1. The normalized spacial score (nSPS) is 29.5. The summed E-state index contributed by atoms with van der Waals surface area (Å²) in [7, 11) is 0. The summed E-state index contributed by atoms with van der Waals surface area (Å²) in [6.07, 6.45) is 4.87. The zero-order valence-electron chi connectivity index (χ0n) is 9.93. The predicted octanol–water partition coefficient (Wildman–Crippen LogP) is 3.33. The van der Waals surface area contributed by atoms with E-state index in [1.54, 1.807) is 0 Å². The van der Waals surface area contributed by atoms with Crippen LogP contribution in [0.15, 0.2) is 18.2 Å². The zero-order valence-corrected chi connectivity index (χ0v) is 9.93. The van der Waals surface area contributed by atoms with Gasteiger partial charge >= 0.3 is 0 Å². The second-order valence-electron chi connectivity index (χ2n) is 5.38. The summed E-state index contributed by atoms with van der Waals surface area (Å²) in [5.74, 6) is 0.878. The molecule has 1 N–H and O–H groups in total. The van der Waals surface area contributed by atoms with E-state index in [0.717, 1.165) is 18.4 Å². The van der Waals surface area contributed by atoms with E-state index in [4.69, 9.17) is 0 Å². The summed E-state index contributed by atoms with van der Waals surface area (Å²) >= 11 is 0. The largest absolute Gasteiger partial charge is 0.382 e. The maximum atomic E-state index is 13.3. The van der Waals surface area contributed by atoms with Crippen molar-refractivity contribution in [1.82, 2.24) is 0 Å². The summed E-state index contributed by atoms with van der Waals surface area (Å²) in [6.45, 7) is 0. The molecular weight excluding hydrogens is 235 g/mol. The lowest BCUT2D eigenvalue weighted by Crippen LogP contribution is -2.25. The lowest BCUT2D eigenvalue weighted by Gasteiger charge is -2.23. The number of hydrogen-bond donors (Lipinski definition) is 1. The Balaban J connectivity index is 1.78. The van der Waals surface area contributed by atoms with Gasteiger partial charge in [0.2, 0.25) is 0 Å². The monoisotopic (exact) mass is 250 g/mol. The maximum absolute atomic E-state index is 13.3. The van der Waals surface area contributed by atoms with Crippen LogP contribution >= 0.6 is 0 Å². The van der Waals surface area contributed by atoms with Crippen molar-refractivity contribution in [2.75, 3.05) is 5.32 Å². The van der Waals surface area contributed by atoms with Gasteiger partial charge in [0, 0.05) is 17.8 Å². The van der Waals surface area contributed by atoms with Gasteiger partial charge in [0.1, 0.15) is 5.82 Å². The number of nitrogens with zero attached hydrogens (tertiary/aromatic N) is 1. The Morgan fingerprint density at radius 2 is 2.11 bits per heavy atom. The molecule has 3 rings (SSSR count). The number of anilines is 1. The average molecular weight is 250 g/mol. The molecule has 4 nitrogen and oxygen atoms in total. The van der Waals surface area contributed by atoms with Crippen LogP contribution in [0.2, 0.25) is 0 Å². The molecule has 0 heterocycles. The molecule has 18 heavy (non-hydrogen) atoms. The molecule has 0 aliphatic heterocycles. The van der Waals surface area contributed by atoms with E-state index in [1.807, 2.05) is 0 Å². The summed E-state index contributed by atoms with van der Waals surface area (Å²) in [6, 6.07) is 4.05. The highest BCUT2D eigenvalue weighted by Crippen LogP contribution is 2.45. The van der Waals surface area contributed by atoms with E-state index in [-0.39, 0.29) is 5.69 Å². The van der Waals surface area contributed by atoms with Gasteiger partial charge in [-0.25, -0.2) is 4.39 Å². The molecule has 2 aliphatic rings. The van der Waals surface area contributed by atoms with Gasteiger partial charge in [0.15, 0.2) is 0 Å². The molecule has 0 amide bonds. The van der Waals surface area contributed by atoms with Crippen LogP contribution in [0, 0.1) is 27.8 Å². The molecule has 2 fully saturated rings. The fourth-order valence-corrected chi connectivity index (χ4v) is 3.40. The fraction of sp³-hybridized carbons (Fsp3) is 0.538. The SMILES string of the molecule is O=[N+]([O-])c1cc(F)cc(NC2CC3CCC2C3)c1. The minimum Gasteiger partial charge on any atom is -0.382 e. The standard InChI is InChI=1S/C13H15FN2O2/c14-10-5-11(7-12(6-10)16(17)18)15-13-4-8-1-2-9(13)3-8/h5-9,13,15H,1-4H2. The average Bonchev–Trinajstić information content (AvgIpc) is 2.90. The van der Waals surface area contributed by atoms with Crippen LogP contribution in [0.1, 0.15) is 25.7 Å². The van der Waals surface area contributed by atoms with Crippen LogP contribution < -0.4 is 5.32 Å². The van der Waals surface area contributed by atoms with Gasteiger partial charge in [-0.05, 0) is 37.2 Å². The van der Waals surface area contributed by atoms with Gasteiger partial charge in [-0.2, -0.15) is 0 Å². The Morgan fingerprint density at radius 3 is 2.72 bits per heavy atom. The van der Waals surface area contributed by atoms with E-state index < -0.39 is 10.7 Å². The van der Waals surface area contributed by atoms with Crippen molar-refractivity contribution in [1.29, 1.82) is 0 Å². The zero-order chi connectivity index (χ0) is 12.7. The van der Waals surface area contributed by atoms with Crippen molar-refractivity contribution >= 4 is 11.4 Å². The number of nitro benzene ring substituents is 1. The van der Waals surface area contributed by atoms with Gasteiger partial charge < -0.3 is 5.32 Å². The third kappa shape index (κ3) is 2.05. The molecule has 1 aromatic carbocycles. The Labute approximate surface area is 104 Å². The van der Waals surface area contributed by atoms with Crippen molar-refractivity contribution in [2.24, 2.45) is 11.8 Å². The number of nitro groups is 1. The Morgan fingerprint density at radius 1 is 1.28 bits per heavy atom. The van der Waals surface area contributed by atoms with Gasteiger partial charge in [-0.3, -0.25) is 10.1 Å². The van der Waals surface area contributed by atoms with Crippen molar-refractivity contribution in [3.05, 3.63) is 34.1 Å². The lowest BCUT2D eigenvalue weighted by atomic mass is 9.95. The van der Waals surface area contributed by atoms with Crippen LogP contribution in [-0.4, -0.2) is 11.0 Å². The van der Waals surface area contributed by atoms with Crippen molar-refractivity contribution in [3.8, 4) is 0 Å². The Hall–Kier alpha value is -1.65. The molecular formula is C13H15FN2O2. The number of nitrogens with one attached hydrogen (secondary N) is 1. The minimum atomic E-state index is -0.560. The molecule has 2 saturated carbocycles. The summed E-state index contributed by atoms with van der Waals surface area (Å²) in [5.41, 5.74) is 0.333. The molecule has 0 spiro atoms. The first-order chi connectivity index (χ1) is 8.61. The number of hydrogen-bond acceptors (Lipinski definition) is 3. The van der Waals surface area contributed by atoms with Crippen LogP contribution in [0.3, 0.4) is 0 Å². The molecule has 1 aromatic rings. The number of non-ortho nitro benzene ring substituents is 1. The van der Waals surface area contributed by atoms with Crippen molar-refractivity contribution in [3.63, 3.8) is 0 Å². The molecule has 0 radical (unpaired) electrons. The second-order valence-corrected chi connectivity index (χ2v) is 5.38.